The third-order valence-electron chi connectivity index (χ3n) is 1.55. The summed E-state index contributed by atoms with van der Waals surface area (Å²) in [5.74, 6) is -1.17. The number of hydrogen-bond donors (Lipinski definition) is 1. The van der Waals surface area contributed by atoms with Crippen LogP contribution < -0.4 is 4.13 Å². The van der Waals surface area contributed by atoms with Gasteiger partial charge in [-0.05, 0) is 0 Å². The molecule has 0 aromatic rings. The van der Waals surface area contributed by atoms with E-state index in [1.807, 2.05) is 0 Å². The first kappa shape index (κ1) is 19.1. The highest BCUT2D eigenvalue weighted by molar-refractivity contribution is 8.03. The fraction of sp³-hybridized carbons (Fsp3) is 0.857. The molecule has 1 N–H and O–H groups in total. The molecule has 0 aliphatic carbocycles. The molecule has 0 aliphatic heterocycles. The second-order valence-corrected chi connectivity index (χ2v) is 6.91. The van der Waals surface area contributed by atoms with E-state index in [2.05, 4.69) is 8.92 Å². The number of carbonyl (C=O) groups is 1. The van der Waals surface area contributed by atoms with E-state index in [1.54, 1.807) is 0 Å². The number of ether oxygens (including phenoxy) is 1. The molecule has 0 radical (unpaired) electrons. The smallest absolute Gasteiger partial charge is 0.463 e. The zero-order valence-electron chi connectivity index (χ0n) is 10.3. The summed E-state index contributed by atoms with van der Waals surface area (Å²) in [6, 6.07) is 0. The first-order chi connectivity index (χ1) is 8.78. The van der Waals surface area contributed by atoms with Crippen LogP contribution in [0.3, 0.4) is 0 Å². The van der Waals surface area contributed by atoms with Crippen LogP contribution in [0.1, 0.15) is 13.8 Å². The summed E-state index contributed by atoms with van der Waals surface area (Å²) in [7, 11) is -11.3. The van der Waals surface area contributed by atoms with Crippen LogP contribution in [0.5, 0.6) is 0 Å². The fourth-order valence-corrected chi connectivity index (χ4v) is 2.59. The lowest BCUT2D eigenvalue weighted by molar-refractivity contribution is -0.148. The van der Waals surface area contributed by atoms with Crippen LogP contribution in [0.25, 0.3) is 0 Å². The lowest BCUT2D eigenvalue weighted by atomic mass is 10.2. The number of alkyl halides is 3. The monoisotopic (exact) mass is 343 g/mol. The quantitative estimate of drug-likeness (QED) is 0.506. The molecule has 0 aliphatic rings. The molecule has 0 rings (SSSR count). The van der Waals surface area contributed by atoms with Crippen LogP contribution in [-0.4, -0.2) is 41.5 Å². The van der Waals surface area contributed by atoms with Gasteiger partial charge in [0.1, 0.15) is 13.2 Å². The minimum absolute atomic E-state index is 0.340. The molecule has 0 fully saturated rings. The van der Waals surface area contributed by atoms with Gasteiger partial charge >= 0.3 is 31.8 Å². The molecule has 0 saturated heterocycles. The van der Waals surface area contributed by atoms with Gasteiger partial charge in [-0.15, -0.1) is 0 Å². The van der Waals surface area contributed by atoms with Crippen molar-refractivity contribution in [3.63, 3.8) is 0 Å². The lowest BCUT2D eigenvalue weighted by Gasteiger charge is -2.10. The average molecular weight is 343 g/mol. The van der Waals surface area contributed by atoms with Crippen molar-refractivity contribution in [1.29, 1.82) is 0 Å². The van der Waals surface area contributed by atoms with Crippen LogP contribution >= 0.6 is 0 Å². The summed E-state index contributed by atoms with van der Waals surface area (Å²) in [5.41, 5.74) is -5.80. The van der Waals surface area contributed by atoms with E-state index in [0.717, 1.165) is 0 Å². The maximum atomic E-state index is 11.9. The molecule has 0 heterocycles. The molecule has 20 heavy (non-hydrogen) atoms. The number of esters is 1. The van der Waals surface area contributed by atoms with E-state index >= 15 is 0 Å². The summed E-state index contributed by atoms with van der Waals surface area (Å²) in [6.07, 6.45) is 0. The summed E-state index contributed by atoms with van der Waals surface area (Å²) < 4.78 is 87.3. The van der Waals surface area contributed by atoms with Gasteiger partial charge in [0.25, 0.3) is 0 Å². The molecule has 13 heteroatoms. The van der Waals surface area contributed by atoms with E-state index in [4.69, 9.17) is 0 Å². The zero-order chi connectivity index (χ0) is 16.2. The van der Waals surface area contributed by atoms with Gasteiger partial charge in [0.15, 0.2) is 0 Å². The van der Waals surface area contributed by atoms with Crippen LogP contribution in [0.2, 0.25) is 0 Å². The molecule has 0 saturated carbocycles. The zero-order valence-corrected chi connectivity index (χ0v) is 11.9. The first-order valence-electron chi connectivity index (χ1n) is 4.94. The molecule has 8 nitrogen and oxygen atoms in total. The van der Waals surface area contributed by atoms with Crippen molar-refractivity contribution in [3.8, 4) is 0 Å². The van der Waals surface area contributed by atoms with Crippen LogP contribution in [0.4, 0.5) is 13.2 Å². The Balaban J connectivity index is 4.40. The molecule has 0 atom stereocenters. The normalized spacial score (nSPS) is 13.5. The Bertz CT molecular complexity index is 537. The third-order valence-corrected chi connectivity index (χ3v) is 4.33. The van der Waals surface area contributed by atoms with Crippen molar-refractivity contribution in [2.75, 3.05) is 13.2 Å². The number of rotatable bonds is 7. The van der Waals surface area contributed by atoms with Crippen molar-refractivity contribution in [1.82, 2.24) is 4.13 Å². The Hall–Kier alpha value is -0.920. The molecule has 0 bridgehead atoms. The Labute approximate surface area is 113 Å². The van der Waals surface area contributed by atoms with E-state index in [9.17, 15) is 34.8 Å². The number of nitrogens with one attached hydrogen (secondary N) is 1. The van der Waals surface area contributed by atoms with E-state index < -0.39 is 50.9 Å². The van der Waals surface area contributed by atoms with E-state index in [1.165, 1.54) is 13.8 Å². The van der Waals surface area contributed by atoms with Gasteiger partial charge in [0, 0.05) is 0 Å². The van der Waals surface area contributed by atoms with Gasteiger partial charge < -0.3 is 4.74 Å². The SMILES string of the molecule is CC(C)C(=O)OCCOS(=O)(=O)NS(=O)(=O)C(F)(F)F. The van der Waals surface area contributed by atoms with Crippen LogP contribution in [0.15, 0.2) is 0 Å². The maximum Gasteiger partial charge on any atom is 0.512 e. The van der Waals surface area contributed by atoms with Crippen LogP contribution in [-0.2, 0) is 34.0 Å². The summed E-state index contributed by atoms with van der Waals surface area (Å²) >= 11 is 0. The summed E-state index contributed by atoms with van der Waals surface area (Å²) in [6.45, 7) is 1.60. The van der Waals surface area contributed by atoms with E-state index in [0.29, 0.717) is 4.13 Å². The highest BCUT2D eigenvalue weighted by atomic mass is 32.3. The van der Waals surface area contributed by atoms with Crippen molar-refractivity contribution in [2.24, 2.45) is 5.92 Å². The Morgan fingerprint density at radius 3 is 2.05 bits per heavy atom. The second kappa shape index (κ2) is 6.69. The van der Waals surface area contributed by atoms with Gasteiger partial charge in [-0.25, -0.2) is 8.42 Å². The highest BCUT2D eigenvalue weighted by Crippen LogP contribution is 2.22. The molecule has 0 aromatic carbocycles. The topological polar surface area (TPSA) is 116 Å². The Kier molecular flexibility index (Phi) is 6.38. The third kappa shape index (κ3) is 6.49. The van der Waals surface area contributed by atoms with Crippen molar-refractivity contribution in [2.45, 2.75) is 19.4 Å². The molecule has 0 amide bonds. The number of hydrogen-bond acceptors (Lipinski definition) is 7. The second-order valence-electron chi connectivity index (χ2n) is 3.63. The van der Waals surface area contributed by atoms with Crippen LogP contribution in [0, 0.1) is 5.92 Å². The summed E-state index contributed by atoms with van der Waals surface area (Å²) in [5, 5.41) is 0. The molecule has 0 aromatic heterocycles. The van der Waals surface area contributed by atoms with Gasteiger partial charge in [-0.3, -0.25) is 8.98 Å². The maximum absolute atomic E-state index is 11.9. The average Bonchev–Trinajstić information content (AvgIpc) is 2.20. The van der Waals surface area contributed by atoms with Gasteiger partial charge in [-0.2, -0.15) is 21.6 Å². The summed E-state index contributed by atoms with van der Waals surface area (Å²) in [4.78, 5) is 10.9. The molecule has 0 spiro atoms. The van der Waals surface area contributed by atoms with Crippen molar-refractivity contribution < 1.29 is 43.7 Å². The van der Waals surface area contributed by atoms with E-state index in [-0.39, 0.29) is 0 Å². The Morgan fingerprint density at radius 1 is 1.15 bits per heavy atom. The lowest BCUT2D eigenvalue weighted by Crippen LogP contribution is -2.41. The minimum Gasteiger partial charge on any atom is -0.463 e. The molecule has 0 unspecified atom stereocenters. The number of sulfonamides is 1. The fourth-order valence-electron chi connectivity index (χ4n) is 0.658. The van der Waals surface area contributed by atoms with Gasteiger partial charge in [-0.1, -0.05) is 18.0 Å². The number of carbonyl (C=O) groups excluding carboxylic acids is 1. The minimum atomic E-state index is -6.09. The van der Waals surface area contributed by atoms with Crippen molar-refractivity contribution in [3.05, 3.63) is 0 Å². The van der Waals surface area contributed by atoms with Gasteiger partial charge in [0.05, 0.1) is 5.92 Å². The largest absolute Gasteiger partial charge is 0.512 e. The molecular weight excluding hydrogens is 331 g/mol. The predicted molar refractivity (Wildman–Crippen MR) is 58.8 cm³/mol. The highest BCUT2D eigenvalue weighted by Gasteiger charge is 2.48. The molecular formula is C7H12F3NO7S2. The predicted octanol–water partition coefficient (Wildman–Crippen LogP) is -0.114. The standard InChI is InChI=1S/C7H12F3NO7S2/c1-5(2)6(12)17-3-4-18-20(15,16)11-19(13,14)7(8,9)10/h5,11H,3-4H2,1-2H3. The van der Waals surface area contributed by atoms with Gasteiger partial charge in [0.2, 0.25) is 0 Å². The van der Waals surface area contributed by atoms with Crippen molar-refractivity contribution >= 4 is 26.3 Å². The molecule has 120 valence electrons. The first-order valence-corrected chi connectivity index (χ1v) is 7.83. The Morgan fingerprint density at radius 2 is 1.65 bits per heavy atom. The number of halogens is 3.